The molecule has 2 aliphatic rings. The number of ether oxygens (including phenoxy) is 2. The molecule has 3 rings (SSSR count). The molecule has 2 heterocycles. The fraction of sp³-hybridized carbons (Fsp3) is 0.400. The van der Waals surface area contributed by atoms with Crippen LogP contribution in [0.15, 0.2) is 17.7 Å². The van der Waals surface area contributed by atoms with E-state index in [4.69, 9.17) is 9.47 Å². The number of rotatable bonds is 2. The summed E-state index contributed by atoms with van der Waals surface area (Å²) < 4.78 is 10.7. The molecule has 0 saturated heterocycles. The number of nitrogens with one attached hydrogen (secondary N) is 1. The van der Waals surface area contributed by atoms with E-state index in [0.29, 0.717) is 12.3 Å². The fourth-order valence-corrected chi connectivity index (χ4v) is 2.89. The molecule has 0 bridgehead atoms. The van der Waals surface area contributed by atoms with Gasteiger partial charge in [-0.3, -0.25) is 5.32 Å². The molecule has 0 radical (unpaired) electrons. The first-order valence-corrected chi connectivity index (χ1v) is 6.62. The van der Waals surface area contributed by atoms with E-state index < -0.39 is 0 Å². The Morgan fingerprint density at radius 3 is 2.70 bits per heavy atom. The van der Waals surface area contributed by atoms with Crippen molar-refractivity contribution >= 4 is 5.70 Å². The molecule has 0 fully saturated rings. The summed E-state index contributed by atoms with van der Waals surface area (Å²) in [5.74, 6) is 1.45. The van der Waals surface area contributed by atoms with Gasteiger partial charge < -0.3 is 14.4 Å². The Bertz CT molecular complexity index is 616. The van der Waals surface area contributed by atoms with Crippen molar-refractivity contribution < 1.29 is 9.47 Å². The van der Waals surface area contributed by atoms with E-state index in [1.165, 1.54) is 5.56 Å². The predicted octanol–water partition coefficient (Wildman–Crippen LogP) is 1.36. The molecule has 0 amide bonds. The van der Waals surface area contributed by atoms with Gasteiger partial charge >= 0.3 is 0 Å². The highest BCUT2D eigenvalue weighted by Gasteiger charge is 2.28. The standard InChI is InChI=1S/C15H17N3O2/c1-19-13-5-10-3-4-18-9-17-8-11(7-16)15(18)12(10)6-14(13)20-2/h5-6,17H,3-4,8-9H2,1-2H3. The summed E-state index contributed by atoms with van der Waals surface area (Å²) in [7, 11) is 3.27. The van der Waals surface area contributed by atoms with Gasteiger partial charge in [0.25, 0.3) is 0 Å². The third-order valence-electron chi connectivity index (χ3n) is 3.86. The van der Waals surface area contributed by atoms with E-state index in [1.807, 2.05) is 12.1 Å². The second kappa shape index (κ2) is 5.06. The van der Waals surface area contributed by atoms with Crippen LogP contribution < -0.4 is 14.8 Å². The Balaban J connectivity index is 2.20. The maximum Gasteiger partial charge on any atom is 0.161 e. The van der Waals surface area contributed by atoms with Crippen LogP contribution in [-0.4, -0.2) is 38.9 Å². The lowest BCUT2D eigenvalue weighted by molar-refractivity contribution is 0.338. The summed E-state index contributed by atoms with van der Waals surface area (Å²) in [6.45, 7) is 2.32. The number of nitriles is 1. The molecule has 0 aliphatic carbocycles. The van der Waals surface area contributed by atoms with E-state index in [-0.39, 0.29) is 0 Å². The highest BCUT2D eigenvalue weighted by atomic mass is 16.5. The van der Waals surface area contributed by atoms with Gasteiger partial charge in [-0.25, -0.2) is 0 Å². The van der Waals surface area contributed by atoms with E-state index in [1.54, 1.807) is 14.2 Å². The molecule has 0 unspecified atom stereocenters. The minimum atomic E-state index is 0.621. The van der Waals surface area contributed by atoms with Gasteiger partial charge in [0.15, 0.2) is 11.5 Å². The van der Waals surface area contributed by atoms with Crippen molar-refractivity contribution in [1.82, 2.24) is 10.2 Å². The molecule has 5 nitrogen and oxygen atoms in total. The number of fused-ring (bicyclic) bond motifs is 3. The van der Waals surface area contributed by atoms with Gasteiger partial charge in [-0.05, 0) is 24.1 Å². The zero-order chi connectivity index (χ0) is 14.1. The molecule has 104 valence electrons. The van der Waals surface area contributed by atoms with Crippen molar-refractivity contribution in [2.45, 2.75) is 6.42 Å². The minimum Gasteiger partial charge on any atom is -0.493 e. The van der Waals surface area contributed by atoms with Gasteiger partial charge in [0.1, 0.15) is 0 Å². The van der Waals surface area contributed by atoms with Crippen LogP contribution in [0.4, 0.5) is 0 Å². The van der Waals surface area contributed by atoms with Gasteiger partial charge in [0.2, 0.25) is 0 Å². The van der Waals surface area contributed by atoms with Crippen molar-refractivity contribution in [2.24, 2.45) is 0 Å². The maximum atomic E-state index is 9.35. The molecule has 1 aromatic carbocycles. The van der Waals surface area contributed by atoms with Crippen LogP contribution in [-0.2, 0) is 6.42 Å². The van der Waals surface area contributed by atoms with E-state index in [2.05, 4.69) is 16.3 Å². The lowest BCUT2D eigenvalue weighted by atomic mass is 9.92. The second-order valence-corrected chi connectivity index (χ2v) is 4.90. The molecule has 0 spiro atoms. The van der Waals surface area contributed by atoms with E-state index in [9.17, 15) is 5.26 Å². The average molecular weight is 271 g/mol. The van der Waals surface area contributed by atoms with Gasteiger partial charge in [-0.15, -0.1) is 0 Å². The summed E-state index contributed by atoms with van der Waals surface area (Å²) in [5, 5.41) is 12.6. The van der Waals surface area contributed by atoms with Gasteiger partial charge in [0, 0.05) is 18.7 Å². The van der Waals surface area contributed by atoms with Crippen molar-refractivity contribution in [3.05, 3.63) is 28.8 Å². The zero-order valence-corrected chi connectivity index (χ0v) is 11.7. The van der Waals surface area contributed by atoms with Gasteiger partial charge in [-0.2, -0.15) is 5.26 Å². The topological polar surface area (TPSA) is 57.5 Å². The quantitative estimate of drug-likeness (QED) is 0.880. The molecule has 0 saturated carbocycles. The Labute approximate surface area is 118 Å². The largest absolute Gasteiger partial charge is 0.493 e. The summed E-state index contributed by atoms with van der Waals surface area (Å²) in [5.41, 5.74) is 4.12. The first-order valence-electron chi connectivity index (χ1n) is 6.62. The normalized spacial score (nSPS) is 17.1. The smallest absolute Gasteiger partial charge is 0.161 e. The molecule has 0 aromatic heterocycles. The number of nitrogens with zero attached hydrogens (tertiary/aromatic N) is 2. The highest BCUT2D eigenvalue weighted by molar-refractivity contribution is 5.77. The van der Waals surface area contributed by atoms with Crippen LogP contribution in [0, 0.1) is 11.3 Å². The summed E-state index contributed by atoms with van der Waals surface area (Å²) in [4.78, 5) is 2.22. The third-order valence-corrected chi connectivity index (χ3v) is 3.86. The summed E-state index contributed by atoms with van der Waals surface area (Å²) >= 11 is 0. The van der Waals surface area contributed by atoms with Crippen molar-refractivity contribution in [1.29, 1.82) is 5.26 Å². The Morgan fingerprint density at radius 1 is 1.25 bits per heavy atom. The van der Waals surface area contributed by atoms with Crippen LogP contribution in [0.3, 0.4) is 0 Å². The first-order chi connectivity index (χ1) is 9.78. The minimum absolute atomic E-state index is 0.621. The van der Waals surface area contributed by atoms with Crippen LogP contribution >= 0.6 is 0 Å². The van der Waals surface area contributed by atoms with Crippen molar-refractivity contribution in [3.8, 4) is 17.6 Å². The molecule has 20 heavy (non-hydrogen) atoms. The average Bonchev–Trinajstić information content (AvgIpc) is 2.52. The molecule has 0 atom stereocenters. The van der Waals surface area contributed by atoms with E-state index >= 15 is 0 Å². The lowest BCUT2D eigenvalue weighted by Crippen LogP contribution is -2.42. The van der Waals surface area contributed by atoms with Crippen LogP contribution in [0.5, 0.6) is 11.5 Å². The third kappa shape index (κ3) is 1.89. The molecular formula is C15H17N3O2. The van der Waals surface area contributed by atoms with Gasteiger partial charge in [0.05, 0.1) is 38.2 Å². The Kier molecular flexibility index (Phi) is 3.25. The SMILES string of the molecule is COc1cc2c(cc1OC)C1=C(C#N)CNCN1CC2. The molecular weight excluding hydrogens is 254 g/mol. The summed E-state index contributed by atoms with van der Waals surface area (Å²) in [6.07, 6.45) is 0.944. The number of hydrogen-bond donors (Lipinski definition) is 1. The maximum absolute atomic E-state index is 9.35. The first kappa shape index (κ1) is 12.8. The van der Waals surface area contributed by atoms with Gasteiger partial charge in [-0.1, -0.05) is 0 Å². The van der Waals surface area contributed by atoms with Crippen molar-refractivity contribution in [3.63, 3.8) is 0 Å². The zero-order valence-electron chi connectivity index (χ0n) is 11.7. The number of hydrogen-bond acceptors (Lipinski definition) is 5. The predicted molar refractivity (Wildman–Crippen MR) is 75.4 cm³/mol. The number of methoxy groups -OCH3 is 2. The van der Waals surface area contributed by atoms with Crippen LogP contribution in [0.2, 0.25) is 0 Å². The molecule has 5 heteroatoms. The Hall–Kier alpha value is -2.19. The molecule has 2 aliphatic heterocycles. The summed E-state index contributed by atoms with van der Waals surface area (Å²) in [6, 6.07) is 6.32. The molecule has 1 N–H and O–H groups in total. The lowest BCUT2D eigenvalue weighted by Gasteiger charge is -2.37. The Morgan fingerprint density at radius 2 is 2.00 bits per heavy atom. The highest BCUT2D eigenvalue weighted by Crippen LogP contribution is 2.39. The van der Waals surface area contributed by atoms with E-state index in [0.717, 1.165) is 42.2 Å². The monoisotopic (exact) mass is 271 g/mol. The van der Waals surface area contributed by atoms with Crippen molar-refractivity contribution in [2.75, 3.05) is 34.0 Å². The van der Waals surface area contributed by atoms with Crippen LogP contribution in [0.25, 0.3) is 5.70 Å². The molecule has 1 aromatic rings. The second-order valence-electron chi connectivity index (χ2n) is 4.90. The fourth-order valence-electron chi connectivity index (χ4n) is 2.89. The number of benzene rings is 1. The van der Waals surface area contributed by atoms with Crippen LogP contribution in [0.1, 0.15) is 11.1 Å².